The van der Waals surface area contributed by atoms with Crippen molar-refractivity contribution in [3.8, 4) is 0 Å². The molecule has 1 atom stereocenters. The molecule has 1 aromatic heterocycles. The van der Waals surface area contributed by atoms with Gasteiger partial charge in [0.1, 0.15) is 0 Å². The fraction of sp³-hybridized carbons (Fsp3) is 0.167. The van der Waals surface area contributed by atoms with Gasteiger partial charge in [-0.15, -0.1) is 11.3 Å². The van der Waals surface area contributed by atoms with Gasteiger partial charge >= 0.3 is 0 Å². The van der Waals surface area contributed by atoms with Gasteiger partial charge in [0.25, 0.3) is 0 Å². The maximum absolute atomic E-state index is 6.29. The second kappa shape index (κ2) is 5.53. The molecular weight excluding hydrogens is 430 g/mol. The molecule has 1 nitrogen and oxygen atoms in total. The van der Waals surface area contributed by atoms with Crippen LogP contribution in [0.25, 0.3) is 0 Å². The Morgan fingerprint density at radius 1 is 1.12 bits per heavy atom. The highest BCUT2D eigenvalue weighted by Gasteiger charge is 2.15. The number of hydrogen-bond acceptors (Lipinski definition) is 2. The van der Waals surface area contributed by atoms with E-state index in [1.165, 1.54) is 4.88 Å². The molecule has 0 aliphatic heterocycles. The van der Waals surface area contributed by atoms with E-state index in [0.717, 1.165) is 23.9 Å². The lowest BCUT2D eigenvalue weighted by molar-refractivity contribution is 0.886. The third-order valence-corrected chi connectivity index (χ3v) is 5.88. The van der Waals surface area contributed by atoms with Gasteiger partial charge in [0.15, 0.2) is 0 Å². The van der Waals surface area contributed by atoms with Crippen LogP contribution in [-0.2, 0) is 0 Å². The van der Waals surface area contributed by atoms with Crippen molar-refractivity contribution in [3.05, 3.63) is 53.0 Å². The Morgan fingerprint density at radius 3 is 2.35 bits per heavy atom. The molecule has 0 spiro atoms. The molecule has 0 radical (unpaired) electrons. The second-order valence-corrected chi connectivity index (χ2v) is 7.61. The van der Waals surface area contributed by atoms with Crippen LogP contribution in [-0.4, -0.2) is 0 Å². The van der Waals surface area contributed by atoms with Gasteiger partial charge in [-0.25, -0.2) is 0 Å². The van der Waals surface area contributed by atoms with E-state index in [1.807, 2.05) is 18.2 Å². The van der Waals surface area contributed by atoms with Gasteiger partial charge in [-0.1, -0.05) is 37.9 Å². The van der Waals surface area contributed by atoms with E-state index in [-0.39, 0.29) is 6.04 Å². The Labute approximate surface area is 130 Å². The van der Waals surface area contributed by atoms with Crippen LogP contribution in [0.15, 0.2) is 37.7 Å². The minimum atomic E-state index is -0.0903. The zero-order chi connectivity index (χ0) is 12.6. The number of rotatable bonds is 2. The molecule has 17 heavy (non-hydrogen) atoms. The Hall–Kier alpha value is 0.320. The van der Waals surface area contributed by atoms with Gasteiger partial charge in [0.2, 0.25) is 0 Å². The number of halogens is 3. The largest absolute Gasteiger partial charge is 0.320 e. The van der Waals surface area contributed by atoms with Crippen molar-refractivity contribution in [1.82, 2.24) is 0 Å². The van der Waals surface area contributed by atoms with Gasteiger partial charge < -0.3 is 5.73 Å². The molecule has 2 rings (SSSR count). The highest BCUT2D eigenvalue weighted by molar-refractivity contribution is 9.11. The fourth-order valence-electron chi connectivity index (χ4n) is 1.54. The standard InChI is InChI=1S/C12H10Br3NS/c1-6-9(14)5-11(17-6)12(16)8-3-2-7(13)4-10(8)15/h2-5,12H,16H2,1H3. The summed E-state index contributed by atoms with van der Waals surface area (Å²) in [4.78, 5) is 2.42. The number of hydrogen-bond donors (Lipinski definition) is 1. The van der Waals surface area contributed by atoms with Crippen LogP contribution in [0.3, 0.4) is 0 Å². The maximum Gasteiger partial charge on any atom is 0.0657 e. The second-order valence-electron chi connectivity index (χ2n) is 3.70. The first-order chi connectivity index (χ1) is 7.99. The summed E-state index contributed by atoms with van der Waals surface area (Å²) in [7, 11) is 0. The van der Waals surface area contributed by atoms with Crippen molar-refractivity contribution >= 4 is 59.1 Å². The first kappa shape index (κ1) is 13.7. The molecule has 0 amide bonds. The van der Waals surface area contributed by atoms with Crippen LogP contribution in [0, 0.1) is 6.92 Å². The van der Waals surface area contributed by atoms with Crippen LogP contribution < -0.4 is 5.73 Å². The molecule has 2 N–H and O–H groups in total. The van der Waals surface area contributed by atoms with E-state index < -0.39 is 0 Å². The van der Waals surface area contributed by atoms with Crippen LogP contribution >= 0.6 is 59.1 Å². The summed E-state index contributed by atoms with van der Waals surface area (Å²) >= 11 is 12.2. The Balaban J connectivity index is 2.39. The summed E-state index contributed by atoms with van der Waals surface area (Å²) in [6, 6.07) is 8.08. The van der Waals surface area contributed by atoms with E-state index in [2.05, 4.69) is 60.8 Å². The number of thiophene rings is 1. The third kappa shape index (κ3) is 3.01. The molecule has 0 saturated carbocycles. The van der Waals surface area contributed by atoms with Gasteiger partial charge in [0, 0.05) is 23.2 Å². The molecule has 5 heteroatoms. The zero-order valence-corrected chi connectivity index (χ0v) is 14.6. The third-order valence-electron chi connectivity index (χ3n) is 2.48. The van der Waals surface area contributed by atoms with Gasteiger partial charge in [-0.2, -0.15) is 0 Å². The van der Waals surface area contributed by atoms with E-state index >= 15 is 0 Å². The van der Waals surface area contributed by atoms with E-state index in [0.29, 0.717) is 0 Å². The summed E-state index contributed by atoms with van der Waals surface area (Å²) in [5.74, 6) is 0. The van der Waals surface area contributed by atoms with Crippen LogP contribution in [0.2, 0.25) is 0 Å². The van der Waals surface area contributed by atoms with Crippen molar-refractivity contribution in [2.75, 3.05) is 0 Å². The molecule has 1 unspecified atom stereocenters. The summed E-state index contributed by atoms with van der Waals surface area (Å²) in [6.07, 6.45) is 0. The Morgan fingerprint density at radius 2 is 1.82 bits per heavy atom. The molecule has 1 heterocycles. The zero-order valence-electron chi connectivity index (χ0n) is 9.01. The molecule has 0 aliphatic rings. The topological polar surface area (TPSA) is 26.0 Å². The number of benzene rings is 1. The summed E-state index contributed by atoms with van der Waals surface area (Å²) in [6.45, 7) is 2.08. The monoisotopic (exact) mass is 437 g/mol. The van der Waals surface area contributed by atoms with E-state index in [1.54, 1.807) is 11.3 Å². The first-order valence-electron chi connectivity index (χ1n) is 4.95. The summed E-state index contributed by atoms with van der Waals surface area (Å²) in [5, 5.41) is 0. The van der Waals surface area contributed by atoms with Crippen molar-refractivity contribution in [3.63, 3.8) is 0 Å². The van der Waals surface area contributed by atoms with Gasteiger partial charge in [0.05, 0.1) is 6.04 Å². The van der Waals surface area contributed by atoms with Crippen LogP contribution in [0.4, 0.5) is 0 Å². The van der Waals surface area contributed by atoms with Crippen LogP contribution in [0.1, 0.15) is 21.4 Å². The maximum atomic E-state index is 6.29. The van der Waals surface area contributed by atoms with Crippen molar-refractivity contribution < 1.29 is 0 Å². The summed E-state index contributed by atoms with van der Waals surface area (Å²) in [5.41, 5.74) is 7.39. The predicted octanol–water partition coefficient (Wildman–Crippen LogP) is 5.39. The molecule has 0 bridgehead atoms. The Bertz CT molecular complexity index is 531. The molecule has 2 aromatic rings. The quantitative estimate of drug-likeness (QED) is 0.666. The lowest BCUT2D eigenvalue weighted by Gasteiger charge is -2.12. The SMILES string of the molecule is Cc1sc(C(N)c2ccc(Br)cc2Br)cc1Br. The van der Waals surface area contributed by atoms with E-state index in [4.69, 9.17) is 5.73 Å². The van der Waals surface area contributed by atoms with Gasteiger partial charge in [-0.05, 0) is 46.6 Å². The van der Waals surface area contributed by atoms with Gasteiger partial charge in [-0.3, -0.25) is 0 Å². The molecule has 0 saturated heterocycles. The lowest BCUT2D eigenvalue weighted by atomic mass is 10.1. The van der Waals surface area contributed by atoms with E-state index in [9.17, 15) is 0 Å². The minimum absolute atomic E-state index is 0.0903. The van der Waals surface area contributed by atoms with Crippen LogP contribution in [0.5, 0.6) is 0 Å². The smallest absolute Gasteiger partial charge is 0.0657 e. The number of nitrogens with two attached hydrogens (primary N) is 1. The minimum Gasteiger partial charge on any atom is -0.320 e. The molecular formula is C12H10Br3NS. The predicted molar refractivity (Wildman–Crippen MR) is 84.6 cm³/mol. The fourth-order valence-corrected chi connectivity index (χ4v) is 4.42. The molecule has 90 valence electrons. The molecule has 1 aromatic carbocycles. The lowest BCUT2D eigenvalue weighted by Crippen LogP contribution is -2.10. The van der Waals surface area contributed by atoms with Crippen molar-refractivity contribution in [2.45, 2.75) is 13.0 Å². The first-order valence-corrected chi connectivity index (χ1v) is 8.15. The molecule has 0 fully saturated rings. The number of aryl methyl sites for hydroxylation is 1. The normalized spacial score (nSPS) is 12.8. The average Bonchev–Trinajstić information content (AvgIpc) is 2.58. The van der Waals surface area contributed by atoms with Crippen molar-refractivity contribution in [2.24, 2.45) is 5.73 Å². The summed E-state index contributed by atoms with van der Waals surface area (Å²) < 4.78 is 3.20. The van der Waals surface area contributed by atoms with Crippen molar-refractivity contribution in [1.29, 1.82) is 0 Å². The Kier molecular flexibility index (Phi) is 4.47. The molecule has 0 aliphatic carbocycles. The highest BCUT2D eigenvalue weighted by Crippen LogP contribution is 2.35. The highest BCUT2D eigenvalue weighted by atomic mass is 79.9. The average molecular weight is 440 g/mol.